The molecule has 0 aliphatic rings. The first kappa shape index (κ1) is 11.4. The molecular formula is C9H13N7O. The highest BCUT2D eigenvalue weighted by atomic mass is 16.1. The van der Waals surface area contributed by atoms with Crippen molar-refractivity contribution in [1.82, 2.24) is 29.8 Å². The van der Waals surface area contributed by atoms with Gasteiger partial charge in [-0.15, -0.1) is 5.10 Å². The Balaban J connectivity index is 1.95. The Hall–Kier alpha value is -2.09. The molecule has 0 aliphatic heterocycles. The molecule has 0 amide bonds. The topological polar surface area (TPSA) is 105 Å². The third kappa shape index (κ3) is 2.72. The van der Waals surface area contributed by atoms with Gasteiger partial charge in [0.15, 0.2) is 5.78 Å². The smallest absolute Gasteiger partial charge is 0.161 e. The summed E-state index contributed by atoms with van der Waals surface area (Å²) in [5.41, 5.74) is 6.06. The summed E-state index contributed by atoms with van der Waals surface area (Å²) < 4.78 is 3.05. The van der Waals surface area contributed by atoms with Gasteiger partial charge >= 0.3 is 0 Å². The second-order valence-corrected chi connectivity index (χ2v) is 3.63. The molecule has 0 saturated heterocycles. The fraction of sp³-hybridized carbons (Fsp3) is 0.444. The summed E-state index contributed by atoms with van der Waals surface area (Å²) in [6, 6.07) is 0. The normalized spacial score (nSPS) is 10.7. The van der Waals surface area contributed by atoms with Crippen LogP contribution in [0.2, 0.25) is 0 Å². The molecule has 0 radical (unpaired) electrons. The van der Waals surface area contributed by atoms with E-state index >= 15 is 0 Å². The van der Waals surface area contributed by atoms with Crippen LogP contribution in [0.15, 0.2) is 12.5 Å². The Labute approximate surface area is 97.4 Å². The molecule has 2 aromatic rings. The van der Waals surface area contributed by atoms with Gasteiger partial charge in [0.25, 0.3) is 0 Å². The monoisotopic (exact) mass is 235 g/mol. The number of rotatable bonds is 5. The molecule has 8 nitrogen and oxygen atoms in total. The molecular weight excluding hydrogens is 222 g/mol. The second-order valence-electron chi connectivity index (χ2n) is 3.63. The van der Waals surface area contributed by atoms with Crippen LogP contribution in [0.25, 0.3) is 0 Å². The van der Waals surface area contributed by atoms with Gasteiger partial charge in [0, 0.05) is 13.6 Å². The number of Topliss-reactive ketones (excluding diaryl/α,β-unsaturated/α-hetero) is 1. The highest BCUT2D eigenvalue weighted by molar-refractivity contribution is 5.79. The van der Waals surface area contributed by atoms with Crippen molar-refractivity contribution in [2.75, 3.05) is 0 Å². The summed E-state index contributed by atoms with van der Waals surface area (Å²) in [6.07, 6.45) is 3.31. The van der Waals surface area contributed by atoms with Crippen molar-refractivity contribution in [3.8, 4) is 0 Å². The molecule has 0 unspecified atom stereocenters. The molecule has 2 N–H and O–H groups in total. The van der Waals surface area contributed by atoms with Crippen LogP contribution in [0.1, 0.15) is 11.5 Å². The molecule has 17 heavy (non-hydrogen) atoms. The molecule has 0 bridgehead atoms. The Morgan fingerprint density at radius 3 is 2.94 bits per heavy atom. The van der Waals surface area contributed by atoms with Crippen molar-refractivity contribution >= 4 is 5.78 Å². The first-order valence-electron chi connectivity index (χ1n) is 5.12. The Morgan fingerprint density at radius 2 is 2.35 bits per heavy atom. The van der Waals surface area contributed by atoms with E-state index in [0.717, 1.165) is 0 Å². The summed E-state index contributed by atoms with van der Waals surface area (Å²) >= 11 is 0. The van der Waals surface area contributed by atoms with Gasteiger partial charge in [-0.2, -0.15) is 5.10 Å². The van der Waals surface area contributed by atoms with Crippen LogP contribution in [0.4, 0.5) is 0 Å². The van der Waals surface area contributed by atoms with Gasteiger partial charge in [-0.05, 0) is 0 Å². The van der Waals surface area contributed by atoms with Gasteiger partial charge in [-0.1, -0.05) is 5.21 Å². The van der Waals surface area contributed by atoms with E-state index in [1.807, 2.05) is 0 Å². The summed E-state index contributed by atoms with van der Waals surface area (Å²) in [5, 5.41) is 11.5. The first-order valence-corrected chi connectivity index (χ1v) is 5.12. The van der Waals surface area contributed by atoms with E-state index in [0.29, 0.717) is 18.1 Å². The third-order valence-electron chi connectivity index (χ3n) is 2.29. The highest BCUT2D eigenvalue weighted by Crippen LogP contribution is 1.97. The molecule has 2 rings (SSSR count). The summed E-state index contributed by atoms with van der Waals surface area (Å²) in [4.78, 5) is 15.7. The van der Waals surface area contributed by atoms with Crippen molar-refractivity contribution in [2.45, 2.75) is 19.5 Å². The summed E-state index contributed by atoms with van der Waals surface area (Å²) in [6.45, 7) is 0.483. The number of hydrogen-bond donors (Lipinski definition) is 1. The zero-order chi connectivity index (χ0) is 12.3. The van der Waals surface area contributed by atoms with Crippen LogP contribution in [-0.2, 0) is 31.4 Å². The van der Waals surface area contributed by atoms with Crippen molar-refractivity contribution in [1.29, 1.82) is 0 Å². The van der Waals surface area contributed by atoms with Crippen LogP contribution in [-0.4, -0.2) is 35.5 Å². The fourth-order valence-electron chi connectivity index (χ4n) is 1.40. The molecule has 0 saturated carbocycles. The van der Waals surface area contributed by atoms with Gasteiger partial charge in [-0.25, -0.2) is 9.67 Å². The predicted molar refractivity (Wildman–Crippen MR) is 57.6 cm³/mol. The Morgan fingerprint density at radius 1 is 1.53 bits per heavy atom. The van der Waals surface area contributed by atoms with Crippen LogP contribution >= 0.6 is 0 Å². The lowest BCUT2D eigenvalue weighted by molar-refractivity contribution is -0.119. The molecule has 0 fully saturated rings. The SMILES string of the molecule is Cn1ncnc1CC(=O)Cn1cc(CN)nn1. The number of hydrogen-bond acceptors (Lipinski definition) is 6. The predicted octanol–water partition coefficient (Wildman–Crippen LogP) is -1.32. The van der Waals surface area contributed by atoms with Crippen molar-refractivity contribution < 1.29 is 4.79 Å². The van der Waals surface area contributed by atoms with Crippen LogP contribution in [0, 0.1) is 0 Å². The van der Waals surface area contributed by atoms with Crippen molar-refractivity contribution in [2.24, 2.45) is 12.8 Å². The van der Waals surface area contributed by atoms with Gasteiger partial charge in [0.1, 0.15) is 18.7 Å². The van der Waals surface area contributed by atoms with Crippen LogP contribution in [0.5, 0.6) is 0 Å². The first-order chi connectivity index (χ1) is 8.19. The van der Waals surface area contributed by atoms with Crippen molar-refractivity contribution in [3.63, 3.8) is 0 Å². The molecule has 2 heterocycles. The molecule has 8 heteroatoms. The second kappa shape index (κ2) is 4.83. The molecule has 90 valence electrons. The van der Waals surface area contributed by atoms with Crippen molar-refractivity contribution in [3.05, 3.63) is 24.0 Å². The zero-order valence-corrected chi connectivity index (χ0v) is 9.44. The maximum Gasteiger partial charge on any atom is 0.161 e. The van der Waals surface area contributed by atoms with E-state index in [2.05, 4.69) is 20.4 Å². The molecule has 0 atom stereocenters. The number of carbonyl (C=O) groups excluding carboxylic acids is 1. The fourth-order valence-corrected chi connectivity index (χ4v) is 1.40. The number of nitrogens with two attached hydrogens (primary N) is 1. The van der Waals surface area contributed by atoms with Gasteiger partial charge in [0.05, 0.1) is 18.3 Å². The molecule has 0 spiro atoms. The van der Waals surface area contributed by atoms with E-state index in [4.69, 9.17) is 5.73 Å². The number of carbonyl (C=O) groups is 1. The molecule has 0 aliphatic carbocycles. The van der Waals surface area contributed by atoms with Gasteiger partial charge < -0.3 is 5.73 Å². The average Bonchev–Trinajstić information content (AvgIpc) is 2.89. The zero-order valence-electron chi connectivity index (χ0n) is 9.44. The number of aryl methyl sites for hydroxylation is 1. The van der Waals surface area contributed by atoms with Crippen LogP contribution in [0.3, 0.4) is 0 Å². The largest absolute Gasteiger partial charge is 0.325 e. The lowest BCUT2D eigenvalue weighted by atomic mass is 10.2. The lowest BCUT2D eigenvalue weighted by Crippen LogP contribution is -2.15. The van der Waals surface area contributed by atoms with Crippen LogP contribution < -0.4 is 5.73 Å². The Kier molecular flexibility index (Phi) is 3.24. The summed E-state index contributed by atoms with van der Waals surface area (Å²) in [7, 11) is 1.75. The van der Waals surface area contributed by atoms with E-state index in [1.165, 1.54) is 11.0 Å². The standard InChI is InChI=1S/C9H13N7O/c1-15-9(11-6-12-15)2-8(17)5-16-4-7(3-10)13-14-16/h4,6H,2-3,5,10H2,1H3. The minimum absolute atomic E-state index is 0.00503. The summed E-state index contributed by atoms with van der Waals surface area (Å²) in [5.74, 6) is 0.628. The number of aromatic nitrogens is 6. The third-order valence-corrected chi connectivity index (χ3v) is 2.29. The van der Waals surface area contributed by atoms with E-state index in [-0.39, 0.29) is 18.7 Å². The lowest BCUT2D eigenvalue weighted by Gasteiger charge is -2.00. The van der Waals surface area contributed by atoms with E-state index in [1.54, 1.807) is 17.9 Å². The Bertz CT molecular complexity index is 515. The molecule has 2 aromatic heterocycles. The number of ketones is 1. The molecule has 0 aromatic carbocycles. The number of nitrogens with zero attached hydrogens (tertiary/aromatic N) is 6. The van der Waals surface area contributed by atoms with E-state index in [9.17, 15) is 4.79 Å². The minimum Gasteiger partial charge on any atom is -0.325 e. The van der Waals surface area contributed by atoms with Gasteiger partial charge in [-0.3, -0.25) is 9.48 Å². The highest BCUT2D eigenvalue weighted by Gasteiger charge is 2.10. The quantitative estimate of drug-likeness (QED) is 0.689. The maximum atomic E-state index is 11.7. The van der Waals surface area contributed by atoms with E-state index < -0.39 is 0 Å². The van der Waals surface area contributed by atoms with Gasteiger partial charge in [0.2, 0.25) is 0 Å². The minimum atomic E-state index is -0.00503. The average molecular weight is 235 g/mol. The maximum absolute atomic E-state index is 11.7.